The van der Waals surface area contributed by atoms with Crippen LogP contribution in [0.15, 0.2) is 35.0 Å². The fourth-order valence-electron chi connectivity index (χ4n) is 2.09. The van der Waals surface area contributed by atoms with Gasteiger partial charge in [-0.15, -0.1) is 0 Å². The SMILES string of the molecule is Cc1cccc(C)c1C(O)Cc1ccsc1. The van der Waals surface area contributed by atoms with Crippen molar-refractivity contribution in [1.82, 2.24) is 0 Å². The van der Waals surface area contributed by atoms with Crippen LogP contribution in [0.2, 0.25) is 0 Å². The van der Waals surface area contributed by atoms with Crippen molar-refractivity contribution < 1.29 is 5.11 Å². The second kappa shape index (κ2) is 4.81. The lowest BCUT2D eigenvalue weighted by molar-refractivity contribution is 0.177. The Kier molecular flexibility index (Phi) is 3.42. The minimum absolute atomic E-state index is 0.393. The van der Waals surface area contributed by atoms with E-state index in [2.05, 4.69) is 37.4 Å². The molecule has 1 aromatic carbocycles. The van der Waals surface area contributed by atoms with Gasteiger partial charge in [0.2, 0.25) is 0 Å². The van der Waals surface area contributed by atoms with Gasteiger partial charge in [0.25, 0.3) is 0 Å². The molecule has 1 atom stereocenters. The maximum absolute atomic E-state index is 10.3. The first-order chi connectivity index (χ1) is 7.68. The summed E-state index contributed by atoms with van der Waals surface area (Å²) in [5.74, 6) is 0. The molecule has 0 bridgehead atoms. The van der Waals surface area contributed by atoms with E-state index in [0.29, 0.717) is 6.42 Å². The minimum atomic E-state index is -0.393. The Balaban J connectivity index is 2.24. The van der Waals surface area contributed by atoms with Gasteiger partial charge >= 0.3 is 0 Å². The largest absolute Gasteiger partial charge is 0.388 e. The molecule has 0 aliphatic carbocycles. The topological polar surface area (TPSA) is 20.2 Å². The molecule has 2 heteroatoms. The Labute approximate surface area is 100 Å². The van der Waals surface area contributed by atoms with Crippen LogP contribution in [0.5, 0.6) is 0 Å². The van der Waals surface area contributed by atoms with E-state index in [-0.39, 0.29) is 0 Å². The van der Waals surface area contributed by atoms with Crippen molar-refractivity contribution in [2.45, 2.75) is 26.4 Å². The van der Waals surface area contributed by atoms with Gasteiger partial charge in [-0.2, -0.15) is 11.3 Å². The predicted molar refractivity (Wildman–Crippen MR) is 68.9 cm³/mol. The number of rotatable bonds is 3. The van der Waals surface area contributed by atoms with Gasteiger partial charge in [0.15, 0.2) is 0 Å². The lowest BCUT2D eigenvalue weighted by Gasteiger charge is -2.15. The molecule has 1 heterocycles. The summed E-state index contributed by atoms with van der Waals surface area (Å²) in [7, 11) is 0. The average molecular weight is 232 g/mol. The molecule has 84 valence electrons. The third-order valence-corrected chi connectivity index (χ3v) is 3.62. The van der Waals surface area contributed by atoms with E-state index in [9.17, 15) is 5.11 Å². The van der Waals surface area contributed by atoms with Crippen LogP contribution in [0.4, 0.5) is 0 Å². The van der Waals surface area contributed by atoms with Crippen LogP contribution in [0, 0.1) is 13.8 Å². The highest BCUT2D eigenvalue weighted by Crippen LogP contribution is 2.25. The zero-order chi connectivity index (χ0) is 11.5. The van der Waals surface area contributed by atoms with Gasteiger partial charge in [-0.25, -0.2) is 0 Å². The van der Waals surface area contributed by atoms with Crippen molar-refractivity contribution in [3.8, 4) is 0 Å². The molecule has 1 unspecified atom stereocenters. The van der Waals surface area contributed by atoms with E-state index in [1.54, 1.807) is 11.3 Å². The molecule has 16 heavy (non-hydrogen) atoms. The van der Waals surface area contributed by atoms with Crippen molar-refractivity contribution in [3.05, 3.63) is 57.3 Å². The van der Waals surface area contributed by atoms with Crippen molar-refractivity contribution in [2.24, 2.45) is 0 Å². The summed E-state index contributed by atoms with van der Waals surface area (Å²) in [6.07, 6.45) is 0.311. The third kappa shape index (κ3) is 2.34. The standard InChI is InChI=1S/C14H16OS/c1-10-4-3-5-11(2)14(10)13(15)8-12-6-7-16-9-12/h3-7,9,13,15H,8H2,1-2H3. The van der Waals surface area contributed by atoms with Gasteiger partial charge in [0, 0.05) is 6.42 Å². The molecular weight excluding hydrogens is 216 g/mol. The van der Waals surface area contributed by atoms with E-state index in [0.717, 1.165) is 5.56 Å². The summed E-state index contributed by atoms with van der Waals surface area (Å²) in [6.45, 7) is 4.11. The molecule has 2 rings (SSSR count). The molecule has 0 amide bonds. The van der Waals surface area contributed by atoms with Crippen LogP contribution in [0.1, 0.15) is 28.4 Å². The summed E-state index contributed by atoms with van der Waals surface area (Å²) in [5, 5.41) is 14.4. The van der Waals surface area contributed by atoms with Crippen molar-refractivity contribution in [2.75, 3.05) is 0 Å². The molecular formula is C14H16OS. The predicted octanol–water partition coefficient (Wildman–Crippen LogP) is 3.64. The number of aliphatic hydroxyl groups excluding tert-OH is 1. The van der Waals surface area contributed by atoms with Crippen LogP contribution in [-0.4, -0.2) is 5.11 Å². The molecule has 0 aliphatic heterocycles. The van der Waals surface area contributed by atoms with Crippen molar-refractivity contribution in [3.63, 3.8) is 0 Å². The molecule has 0 saturated carbocycles. The summed E-state index contributed by atoms with van der Waals surface area (Å²) in [6, 6.07) is 8.21. The summed E-state index contributed by atoms with van der Waals surface area (Å²) >= 11 is 1.67. The molecule has 2 aromatic rings. The molecule has 0 saturated heterocycles. The lowest BCUT2D eigenvalue weighted by Crippen LogP contribution is -2.05. The summed E-state index contributed by atoms with van der Waals surface area (Å²) < 4.78 is 0. The molecule has 1 nitrogen and oxygen atoms in total. The Bertz CT molecular complexity index is 439. The summed E-state index contributed by atoms with van der Waals surface area (Å²) in [4.78, 5) is 0. The van der Waals surface area contributed by atoms with Gasteiger partial charge < -0.3 is 5.11 Å². The van der Waals surface area contributed by atoms with Crippen molar-refractivity contribution >= 4 is 11.3 Å². The number of aryl methyl sites for hydroxylation is 2. The maximum Gasteiger partial charge on any atom is 0.0835 e. The van der Waals surface area contributed by atoms with E-state index >= 15 is 0 Å². The van der Waals surface area contributed by atoms with Crippen LogP contribution in [0.25, 0.3) is 0 Å². The Hall–Kier alpha value is -1.12. The molecule has 1 aromatic heterocycles. The average Bonchev–Trinajstić information content (AvgIpc) is 2.70. The highest BCUT2D eigenvalue weighted by molar-refractivity contribution is 7.07. The minimum Gasteiger partial charge on any atom is -0.388 e. The van der Waals surface area contributed by atoms with Crippen molar-refractivity contribution in [1.29, 1.82) is 0 Å². The molecule has 0 radical (unpaired) electrons. The fraction of sp³-hybridized carbons (Fsp3) is 0.286. The van der Waals surface area contributed by atoms with Gasteiger partial charge in [-0.3, -0.25) is 0 Å². The monoisotopic (exact) mass is 232 g/mol. The van der Waals surface area contributed by atoms with Crippen LogP contribution >= 0.6 is 11.3 Å². The Morgan fingerprint density at radius 2 is 1.88 bits per heavy atom. The first-order valence-electron chi connectivity index (χ1n) is 5.43. The molecule has 0 spiro atoms. The molecule has 1 N–H and O–H groups in total. The Morgan fingerprint density at radius 3 is 2.44 bits per heavy atom. The third-order valence-electron chi connectivity index (χ3n) is 2.88. The number of aliphatic hydroxyl groups is 1. The van der Waals surface area contributed by atoms with Gasteiger partial charge in [-0.1, -0.05) is 18.2 Å². The number of benzene rings is 1. The quantitative estimate of drug-likeness (QED) is 0.856. The first-order valence-corrected chi connectivity index (χ1v) is 6.38. The second-order valence-corrected chi connectivity index (χ2v) is 4.94. The number of thiophene rings is 1. The highest BCUT2D eigenvalue weighted by Gasteiger charge is 2.13. The van der Waals surface area contributed by atoms with Crippen LogP contribution in [0.3, 0.4) is 0 Å². The van der Waals surface area contributed by atoms with E-state index < -0.39 is 6.10 Å². The van der Waals surface area contributed by atoms with E-state index in [4.69, 9.17) is 0 Å². The van der Waals surface area contributed by atoms with Crippen LogP contribution < -0.4 is 0 Å². The molecule has 0 fully saturated rings. The lowest BCUT2D eigenvalue weighted by atomic mass is 9.95. The molecule has 0 aliphatic rings. The van der Waals surface area contributed by atoms with E-state index in [1.807, 2.05) is 11.4 Å². The first kappa shape index (κ1) is 11.4. The number of hydrogen-bond donors (Lipinski definition) is 1. The second-order valence-electron chi connectivity index (χ2n) is 4.16. The van der Waals surface area contributed by atoms with E-state index in [1.165, 1.54) is 16.7 Å². The fourth-order valence-corrected chi connectivity index (χ4v) is 2.77. The van der Waals surface area contributed by atoms with Gasteiger partial charge in [0.05, 0.1) is 6.10 Å². The van der Waals surface area contributed by atoms with Gasteiger partial charge in [0.1, 0.15) is 0 Å². The van der Waals surface area contributed by atoms with Crippen LogP contribution in [-0.2, 0) is 6.42 Å². The Morgan fingerprint density at radius 1 is 1.19 bits per heavy atom. The maximum atomic E-state index is 10.3. The number of hydrogen-bond acceptors (Lipinski definition) is 2. The summed E-state index contributed by atoms with van der Waals surface area (Å²) in [5.41, 5.74) is 4.62. The highest BCUT2D eigenvalue weighted by atomic mass is 32.1. The zero-order valence-corrected chi connectivity index (χ0v) is 10.4. The van der Waals surface area contributed by atoms with Gasteiger partial charge in [-0.05, 0) is 52.9 Å². The normalized spacial score (nSPS) is 12.7. The zero-order valence-electron chi connectivity index (χ0n) is 9.60. The smallest absolute Gasteiger partial charge is 0.0835 e.